The molecule has 0 radical (unpaired) electrons. The zero-order chi connectivity index (χ0) is 8.88. The molecule has 0 aromatic heterocycles. The Morgan fingerprint density at radius 2 is 1.23 bits per heavy atom. The molecule has 2 aliphatic rings. The van der Waals surface area contributed by atoms with Gasteiger partial charge in [-0.3, -0.25) is 4.90 Å². The van der Waals surface area contributed by atoms with Crippen LogP contribution < -0.4 is 0 Å². The van der Waals surface area contributed by atoms with Crippen molar-refractivity contribution in [2.75, 3.05) is 13.1 Å². The van der Waals surface area contributed by atoms with E-state index >= 15 is 0 Å². The van der Waals surface area contributed by atoms with Gasteiger partial charge in [-0.2, -0.15) is 0 Å². The molecule has 78 valence electrons. The third-order valence-electron chi connectivity index (χ3n) is 2.75. The van der Waals surface area contributed by atoms with Crippen molar-refractivity contribution in [2.24, 2.45) is 0 Å². The Hall–Kier alpha value is 0.0900. The van der Waals surface area contributed by atoms with Crippen LogP contribution in [0.3, 0.4) is 0 Å². The third kappa shape index (κ3) is 1.56. The number of aliphatic hydroxyl groups is 4. The molecule has 0 spiro atoms. The second-order valence-electron chi connectivity index (χ2n) is 3.56. The second-order valence-corrected chi connectivity index (χ2v) is 3.56. The van der Waals surface area contributed by atoms with Crippen molar-refractivity contribution in [3.05, 3.63) is 0 Å². The number of fused-ring (bicyclic) bond motifs is 1. The minimum absolute atomic E-state index is 0. The van der Waals surface area contributed by atoms with Gasteiger partial charge >= 0.3 is 0 Å². The molecule has 2 saturated heterocycles. The van der Waals surface area contributed by atoms with Crippen molar-refractivity contribution in [3.63, 3.8) is 0 Å². The molecule has 0 amide bonds. The summed E-state index contributed by atoms with van der Waals surface area (Å²) in [5, 5.41) is 37.2. The van der Waals surface area contributed by atoms with Gasteiger partial charge in [-0.25, -0.2) is 0 Å². The molecular weight excluding hydrogens is 198 g/mol. The number of hydrogen-bond acceptors (Lipinski definition) is 5. The van der Waals surface area contributed by atoms with Gasteiger partial charge in [0.05, 0.1) is 30.5 Å². The topological polar surface area (TPSA) is 84.2 Å². The van der Waals surface area contributed by atoms with Crippen molar-refractivity contribution >= 4 is 12.4 Å². The summed E-state index contributed by atoms with van der Waals surface area (Å²) in [5.41, 5.74) is 0. The minimum atomic E-state index is -0.933. The van der Waals surface area contributed by atoms with E-state index in [0.717, 1.165) is 0 Å². The van der Waals surface area contributed by atoms with E-state index in [1.165, 1.54) is 0 Å². The van der Waals surface area contributed by atoms with Crippen LogP contribution in [0.5, 0.6) is 0 Å². The smallest absolute Gasteiger partial charge is 0.0992 e. The van der Waals surface area contributed by atoms with Crippen molar-refractivity contribution in [2.45, 2.75) is 30.5 Å². The van der Waals surface area contributed by atoms with Crippen LogP contribution in [0, 0.1) is 0 Å². The molecule has 2 heterocycles. The lowest BCUT2D eigenvalue weighted by Gasteiger charge is -2.19. The summed E-state index contributed by atoms with van der Waals surface area (Å²) in [5.74, 6) is 0. The van der Waals surface area contributed by atoms with Crippen molar-refractivity contribution in [1.82, 2.24) is 4.90 Å². The molecule has 1 unspecified atom stereocenters. The van der Waals surface area contributed by atoms with Crippen LogP contribution in [0.1, 0.15) is 0 Å². The van der Waals surface area contributed by atoms with Gasteiger partial charge in [-0.1, -0.05) is 0 Å². The first-order chi connectivity index (χ1) is 5.61. The zero-order valence-electron chi connectivity index (χ0n) is 6.95. The predicted molar refractivity (Wildman–Crippen MR) is 46.6 cm³/mol. The van der Waals surface area contributed by atoms with Crippen LogP contribution in [0.2, 0.25) is 0 Å². The third-order valence-corrected chi connectivity index (χ3v) is 2.75. The van der Waals surface area contributed by atoms with Gasteiger partial charge in [0.15, 0.2) is 0 Å². The van der Waals surface area contributed by atoms with Gasteiger partial charge in [-0.15, -0.1) is 12.4 Å². The Kier molecular flexibility index (Phi) is 3.16. The Balaban J connectivity index is 0.000000845. The fraction of sp³-hybridized carbons (Fsp3) is 1.00. The van der Waals surface area contributed by atoms with Crippen molar-refractivity contribution < 1.29 is 20.4 Å². The quantitative estimate of drug-likeness (QED) is 0.358. The van der Waals surface area contributed by atoms with Gasteiger partial charge in [0.2, 0.25) is 0 Å². The monoisotopic (exact) mass is 211 g/mol. The zero-order valence-corrected chi connectivity index (χ0v) is 7.76. The molecule has 2 rings (SSSR count). The first-order valence-corrected chi connectivity index (χ1v) is 4.07. The summed E-state index contributed by atoms with van der Waals surface area (Å²) in [6.07, 6.45) is -3.46. The Labute approximate surface area is 82.0 Å². The largest absolute Gasteiger partial charge is 0.389 e. The maximum absolute atomic E-state index is 9.39. The molecule has 5 atom stereocenters. The first kappa shape index (κ1) is 11.2. The maximum Gasteiger partial charge on any atom is 0.0992 e. The standard InChI is InChI=1S/C7H13NO4.ClH/c9-3-1-8-2-4(10)7(12)5(8)6(3)11;/h3-7,9-12H,1-2H2;1H/t3-,4+,5?,6-,7-;/m1./s1. The van der Waals surface area contributed by atoms with E-state index < -0.39 is 30.5 Å². The minimum Gasteiger partial charge on any atom is -0.389 e. The molecule has 5 nitrogen and oxygen atoms in total. The Morgan fingerprint density at radius 1 is 0.846 bits per heavy atom. The van der Waals surface area contributed by atoms with E-state index in [0.29, 0.717) is 13.1 Å². The molecule has 0 aromatic carbocycles. The van der Waals surface area contributed by atoms with E-state index in [1.807, 2.05) is 0 Å². The highest BCUT2D eigenvalue weighted by Gasteiger charge is 2.51. The molecule has 0 saturated carbocycles. The Bertz CT molecular complexity index is 175. The molecule has 13 heavy (non-hydrogen) atoms. The van der Waals surface area contributed by atoms with Gasteiger partial charge in [0.25, 0.3) is 0 Å². The SMILES string of the molecule is Cl.O[C@@H]1CN2C[C@H](O)[C@@H](O)C2[C@@H]1O. The van der Waals surface area contributed by atoms with Crippen LogP contribution in [0.25, 0.3) is 0 Å². The van der Waals surface area contributed by atoms with E-state index in [2.05, 4.69) is 0 Å². The number of nitrogens with zero attached hydrogens (tertiary/aromatic N) is 1. The van der Waals surface area contributed by atoms with E-state index in [9.17, 15) is 20.4 Å². The summed E-state index contributed by atoms with van der Waals surface area (Å²) in [4.78, 5) is 1.71. The van der Waals surface area contributed by atoms with Crippen molar-refractivity contribution in [3.8, 4) is 0 Å². The Morgan fingerprint density at radius 3 is 1.54 bits per heavy atom. The molecule has 4 N–H and O–H groups in total. The molecule has 6 heteroatoms. The number of aliphatic hydroxyl groups excluding tert-OH is 4. The molecule has 0 bridgehead atoms. The fourth-order valence-electron chi connectivity index (χ4n) is 2.10. The summed E-state index contributed by atoms with van der Waals surface area (Å²) in [6, 6.07) is -0.491. The predicted octanol–water partition coefficient (Wildman–Crippen LogP) is -2.45. The van der Waals surface area contributed by atoms with Crippen molar-refractivity contribution in [1.29, 1.82) is 0 Å². The highest BCUT2D eigenvalue weighted by Crippen LogP contribution is 2.28. The molecule has 2 fully saturated rings. The average Bonchev–Trinajstić information content (AvgIpc) is 2.40. The van der Waals surface area contributed by atoms with Gasteiger partial charge in [0, 0.05) is 13.1 Å². The van der Waals surface area contributed by atoms with Gasteiger partial charge in [0.1, 0.15) is 0 Å². The van der Waals surface area contributed by atoms with Gasteiger partial charge in [-0.05, 0) is 0 Å². The van der Waals surface area contributed by atoms with E-state index in [1.54, 1.807) is 4.90 Å². The number of rotatable bonds is 0. The van der Waals surface area contributed by atoms with Crippen LogP contribution in [0.15, 0.2) is 0 Å². The highest BCUT2D eigenvalue weighted by molar-refractivity contribution is 5.85. The number of halogens is 1. The van der Waals surface area contributed by atoms with E-state index in [4.69, 9.17) is 0 Å². The summed E-state index contributed by atoms with van der Waals surface area (Å²) in [6.45, 7) is 0.667. The van der Waals surface area contributed by atoms with E-state index in [-0.39, 0.29) is 12.4 Å². The normalized spacial score (nSPS) is 50.3. The van der Waals surface area contributed by atoms with Crippen LogP contribution >= 0.6 is 12.4 Å². The molecular formula is C7H14ClNO4. The molecule has 0 aliphatic carbocycles. The summed E-state index contributed by atoms with van der Waals surface area (Å²) < 4.78 is 0. The molecule has 0 aromatic rings. The average molecular weight is 212 g/mol. The lowest BCUT2D eigenvalue weighted by atomic mass is 10.0. The molecule has 2 aliphatic heterocycles. The maximum atomic E-state index is 9.39. The number of hydrogen-bond donors (Lipinski definition) is 4. The summed E-state index contributed by atoms with van der Waals surface area (Å²) in [7, 11) is 0. The van der Waals surface area contributed by atoms with Crippen LogP contribution in [-0.2, 0) is 0 Å². The van der Waals surface area contributed by atoms with Crippen LogP contribution in [0.4, 0.5) is 0 Å². The van der Waals surface area contributed by atoms with Crippen LogP contribution in [-0.4, -0.2) is 68.9 Å². The second kappa shape index (κ2) is 3.68. The fourth-order valence-corrected chi connectivity index (χ4v) is 2.10. The highest BCUT2D eigenvalue weighted by atomic mass is 35.5. The first-order valence-electron chi connectivity index (χ1n) is 4.07. The lowest BCUT2D eigenvalue weighted by molar-refractivity contribution is -0.0206. The lowest BCUT2D eigenvalue weighted by Crippen LogP contribution is -2.41. The summed E-state index contributed by atoms with van der Waals surface area (Å²) >= 11 is 0. The van der Waals surface area contributed by atoms with Gasteiger partial charge < -0.3 is 20.4 Å².